The van der Waals surface area contributed by atoms with E-state index in [4.69, 9.17) is 23.7 Å². The van der Waals surface area contributed by atoms with Gasteiger partial charge in [-0.3, -0.25) is 0 Å². The third kappa shape index (κ3) is 6.17. The first-order valence-corrected chi connectivity index (χ1v) is 12.6. The Labute approximate surface area is 207 Å². The van der Waals surface area contributed by atoms with E-state index in [1.807, 2.05) is 12.1 Å². The second kappa shape index (κ2) is 13.8. The van der Waals surface area contributed by atoms with E-state index in [0.717, 1.165) is 51.0 Å². The van der Waals surface area contributed by atoms with Gasteiger partial charge in [0.2, 0.25) is 0 Å². The molecule has 8 heteroatoms. The average molecular weight is 492 g/mol. The lowest BCUT2D eigenvalue weighted by molar-refractivity contribution is -0.0732. The van der Waals surface area contributed by atoms with Gasteiger partial charge in [0.1, 0.15) is 18.3 Å². The van der Waals surface area contributed by atoms with Gasteiger partial charge in [-0.05, 0) is 30.7 Å². The molecule has 0 bridgehead atoms. The number of hydrogen-bond acceptors (Lipinski definition) is 8. The van der Waals surface area contributed by atoms with Gasteiger partial charge in [0.15, 0.2) is 0 Å². The van der Waals surface area contributed by atoms with E-state index in [0.29, 0.717) is 25.6 Å². The van der Waals surface area contributed by atoms with Gasteiger partial charge in [0.25, 0.3) is 0 Å². The van der Waals surface area contributed by atoms with E-state index in [1.165, 1.54) is 19.3 Å². The minimum atomic E-state index is -0.0957. The molecule has 188 valence electrons. The van der Waals surface area contributed by atoms with Gasteiger partial charge in [0.05, 0.1) is 52.0 Å². The molecule has 1 aliphatic heterocycles. The van der Waals surface area contributed by atoms with Crippen LogP contribution < -0.4 is 14.4 Å². The van der Waals surface area contributed by atoms with Crippen molar-refractivity contribution >= 4 is 23.1 Å². The topological polar surface area (TPSA) is 69.6 Å². The number of hydrogen-bond donors (Lipinski definition) is 1. The van der Waals surface area contributed by atoms with E-state index in [1.54, 1.807) is 33.1 Å². The number of fused-ring (bicyclic) bond motifs is 2. The summed E-state index contributed by atoms with van der Waals surface area (Å²) in [6.07, 6.45) is 4.68. The smallest absolute Gasteiger partial charge is 0.147 e. The van der Waals surface area contributed by atoms with Crippen molar-refractivity contribution in [2.75, 3.05) is 52.8 Å². The highest BCUT2D eigenvalue weighted by molar-refractivity contribution is 7.99. The second-order valence-corrected chi connectivity index (χ2v) is 9.05. The van der Waals surface area contributed by atoms with Gasteiger partial charge in [0, 0.05) is 34.6 Å². The average Bonchev–Trinajstić information content (AvgIpc) is 2.87. The molecule has 0 spiro atoms. The molecule has 2 aromatic rings. The van der Waals surface area contributed by atoms with Crippen LogP contribution in [-0.2, 0) is 27.4 Å². The number of rotatable bonds is 15. The molecule has 3 rings (SSSR count). The predicted octanol–water partition coefficient (Wildman–Crippen LogP) is 5.52. The second-order valence-electron chi connectivity index (χ2n) is 8.03. The largest absolute Gasteiger partial charge is 0.496 e. The maximum Gasteiger partial charge on any atom is 0.147 e. The number of aliphatic hydroxyl groups excluding tert-OH is 1. The van der Waals surface area contributed by atoms with Gasteiger partial charge in [-0.2, -0.15) is 0 Å². The van der Waals surface area contributed by atoms with Crippen LogP contribution in [0.15, 0.2) is 34.1 Å². The van der Waals surface area contributed by atoms with Gasteiger partial charge >= 0.3 is 0 Å². The lowest BCUT2D eigenvalue weighted by atomic mass is 10.1. The molecule has 1 N–H and O–H groups in total. The molecular weight excluding hydrogens is 454 g/mol. The molecule has 0 unspecified atom stereocenters. The summed E-state index contributed by atoms with van der Waals surface area (Å²) in [5.74, 6) is 1.46. The van der Waals surface area contributed by atoms with E-state index in [2.05, 4.69) is 24.0 Å². The summed E-state index contributed by atoms with van der Waals surface area (Å²) in [7, 11) is 4.95. The molecule has 34 heavy (non-hydrogen) atoms. The minimum Gasteiger partial charge on any atom is -0.496 e. The van der Waals surface area contributed by atoms with Crippen LogP contribution in [-0.4, -0.2) is 53.0 Å². The van der Waals surface area contributed by atoms with Crippen LogP contribution in [0.25, 0.3) is 0 Å². The first-order chi connectivity index (χ1) is 16.7. The summed E-state index contributed by atoms with van der Waals surface area (Å²) >= 11 is 1.64. The van der Waals surface area contributed by atoms with Crippen LogP contribution in [0.2, 0.25) is 0 Å². The molecular formula is C26H37NO6S. The van der Waals surface area contributed by atoms with Crippen molar-refractivity contribution in [3.63, 3.8) is 0 Å². The standard InChI is InChI=1S/C26H37NO6S/c1-5-6-7-8-13-27-21-9-11-23(30-3)19(16-28)25(21)34-26-20(17-33-18-32-15-14-29-2)24(31-4)12-10-22(26)27/h9-12,28H,5-8,13-18H2,1-4H3. The molecule has 0 saturated heterocycles. The highest BCUT2D eigenvalue weighted by Gasteiger charge is 2.30. The number of aliphatic hydroxyl groups is 1. The lowest BCUT2D eigenvalue weighted by Crippen LogP contribution is -2.23. The van der Waals surface area contributed by atoms with Crippen molar-refractivity contribution in [3.8, 4) is 11.5 Å². The molecule has 0 radical (unpaired) electrons. The summed E-state index contributed by atoms with van der Waals surface area (Å²) in [5.41, 5.74) is 3.99. The van der Waals surface area contributed by atoms with E-state index in [9.17, 15) is 5.11 Å². The number of nitrogens with zero attached hydrogens (tertiary/aromatic N) is 1. The number of benzene rings is 2. The molecule has 2 aromatic carbocycles. The first-order valence-electron chi connectivity index (χ1n) is 11.8. The third-order valence-corrected chi connectivity index (χ3v) is 7.18. The van der Waals surface area contributed by atoms with Crippen LogP contribution in [0.3, 0.4) is 0 Å². The normalized spacial score (nSPS) is 12.4. The van der Waals surface area contributed by atoms with Gasteiger partial charge in [-0.25, -0.2) is 0 Å². The summed E-state index contributed by atoms with van der Waals surface area (Å²) in [6.45, 7) is 4.55. The van der Waals surface area contributed by atoms with Crippen LogP contribution in [0.5, 0.6) is 11.5 Å². The Morgan fingerprint density at radius 1 is 0.824 bits per heavy atom. The number of ether oxygens (including phenoxy) is 5. The minimum absolute atomic E-state index is 0.0957. The molecule has 0 aliphatic carbocycles. The van der Waals surface area contributed by atoms with E-state index < -0.39 is 0 Å². The number of anilines is 2. The van der Waals surface area contributed by atoms with Crippen molar-refractivity contribution in [1.29, 1.82) is 0 Å². The number of unbranched alkanes of at least 4 members (excludes halogenated alkanes) is 3. The Balaban J connectivity index is 1.97. The molecule has 1 heterocycles. The Hall–Kier alpha value is -1.97. The van der Waals surface area contributed by atoms with Crippen molar-refractivity contribution < 1.29 is 28.8 Å². The molecule has 0 saturated carbocycles. The highest BCUT2D eigenvalue weighted by atomic mass is 32.2. The molecule has 0 amide bonds. The maximum atomic E-state index is 10.2. The van der Waals surface area contributed by atoms with Crippen LogP contribution in [0.1, 0.15) is 43.7 Å². The van der Waals surface area contributed by atoms with E-state index >= 15 is 0 Å². The fourth-order valence-electron chi connectivity index (χ4n) is 4.09. The fourth-order valence-corrected chi connectivity index (χ4v) is 5.43. The fraction of sp³-hybridized carbons (Fsp3) is 0.538. The Morgan fingerprint density at radius 2 is 1.50 bits per heavy atom. The summed E-state index contributed by atoms with van der Waals surface area (Å²) in [4.78, 5) is 4.44. The predicted molar refractivity (Wildman–Crippen MR) is 135 cm³/mol. The zero-order valence-electron chi connectivity index (χ0n) is 20.7. The lowest BCUT2D eigenvalue weighted by Gasteiger charge is -2.35. The van der Waals surface area contributed by atoms with Crippen molar-refractivity contribution in [2.45, 2.75) is 55.6 Å². The monoisotopic (exact) mass is 491 g/mol. The van der Waals surface area contributed by atoms with Gasteiger partial charge in [-0.15, -0.1) is 0 Å². The maximum absolute atomic E-state index is 10.2. The van der Waals surface area contributed by atoms with Gasteiger partial charge < -0.3 is 33.7 Å². The van der Waals surface area contributed by atoms with Crippen molar-refractivity contribution in [1.82, 2.24) is 0 Å². The Morgan fingerprint density at radius 3 is 2.12 bits per heavy atom. The molecule has 1 aliphatic rings. The first kappa shape index (κ1) is 26.6. The van der Waals surface area contributed by atoms with Crippen molar-refractivity contribution in [2.24, 2.45) is 0 Å². The summed E-state index contributed by atoms with van der Waals surface area (Å²) in [6, 6.07) is 8.16. The highest BCUT2D eigenvalue weighted by Crippen LogP contribution is 2.54. The van der Waals surface area contributed by atoms with Crippen molar-refractivity contribution in [3.05, 3.63) is 35.4 Å². The molecule has 7 nitrogen and oxygen atoms in total. The number of methoxy groups -OCH3 is 3. The van der Waals surface area contributed by atoms with Crippen LogP contribution >= 0.6 is 11.8 Å². The van der Waals surface area contributed by atoms with Crippen LogP contribution in [0.4, 0.5) is 11.4 Å². The summed E-state index contributed by atoms with van der Waals surface area (Å²) < 4.78 is 27.6. The Bertz CT molecular complexity index is 923. The Kier molecular flexibility index (Phi) is 10.8. The molecule has 0 fully saturated rings. The zero-order valence-corrected chi connectivity index (χ0v) is 21.5. The summed E-state index contributed by atoms with van der Waals surface area (Å²) in [5, 5.41) is 10.2. The van der Waals surface area contributed by atoms with Crippen LogP contribution in [0, 0.1) is 0 Å². The molecule has 0 atom stereocenters. The van der Waals surface area contributed by atoms with Gasteiger partial charge in [-0.1, -0.05) is 37.9 Å². The zero-order chi connectivity index (χ0) is 24.3. The quantitative estimate of drug-likeness (QED) is 0.258. The molecule has 0 aromatic heterocycles. The SMILES string of the molecule is CCCCCCN1c2ccc(OC)c(CO)c2Sc2c1ccc(OC)c2COCOCCOC. The third-order valence-electron chi connectivity index (χ3n) is 5.86. The van der Waals surface area contributed by atoms with E-state index in [-0.39, 0.29) is 13.4 Å².